The molecule has 0 aliphatic heterocycles. The van der Waals surface area contributed by atoms with Crippen LogP contribution in [0.4, 0.5) is 0 Å². The summed E-state index contributed by atoms with van der Waals surface area (Å²) in [5.41, 5.74) is 2.25. The van der Waals surface area contributed by atoms with Gasteiger partial charge in [0.05, 0.1) is 23.4 Å². The van der Waals surface area contributed by atoms with Crippen molar-refractivity contribution in [3.05, 3.63) is 50.8 Å². The van der Waals surface area contributed by atoms with E-state index in [1.165, 1.54) is 0 Å². The fraction of sp³-hybridized carbons (Fsp3) is 0.375. The second-order valence-electron chi connectivity index (χ2n) is 4.68. The van der Waals surface area contributed by atoms with Gasteiger partial charge < -0.3 is 14.5 Å². The van der Waals surface area contributed by atoms with Crippen LogP contribution in [0.1, 0.15) is 37.4 Å². The molecule has 1 heterocycles. The largest absolute Gasteiger partial charge is 0.492 e. The first-order valence-corrected chi connectivity index (χ1v) is 8.64. The van der Waals surface area contributed by atoms with Gasteiger partial charge in [0.1, 0.15) is 5.75 Å². The summed E-state index contributed by atoms with van der Waals surface area (Å²) in [6.45, 7) is 5.78. The third-order valence-corrected chi connectivity index (χ3v) is 4.38. The molecule has 2 rings (SSSR count). The van der Waals surface area contributed by atoms with Gasteiger partial charge in [0.15, 0.2) is 4.67 Å². The molecule has 1 atom stereocenters. The lowest BCUT2D eigenvalue weighted by molar-refractivity contribution is 0.315. The lowest BCUT2D eigenvalue weighted by Crippen LogP contribution is -2.21. The first kappa shape index (κ1) is 16.6. The molecule has 1 aromatic carbocycles. The van der Waals surface area contributed by atoms with Crippen LogP contribution in [0.5, 0.6) is 5.75 Å². The number of rotatable bonds is 7. The second kappa shape index (κ2) is 8.01. The molecule has 2 aromatic rings. The molecule has 3 nitrogen and oxygen atoms in total. The highest BCUT2D eigenvalue weighted by Gasteiger charge is 2.19. The Labute approximate surface area is 142 Å². The highest BCUT2D eigenvalue weighted by atomic mass is 79.9. The van der Waals surface area contributed by atoms with Crippen LogP contribution < -0.4 is 10.1 Å². The number of nitrogens with one attached hydrogen (secondary N) is 1. The minimum absolute atomic E-state index is 0.0830. The van der Waals surface area contributed by atoms with Crippen molar-refractivity contribution in [3.8, 4) is 5.75 Å². The van der Waals surface area contributed by atoms with E-state index < -0.39 is 0 Å². The number of furan rings is 1. The van der Waals surface area contributed by atoms with Gasteiger partial charge in [0, 0.05) is 5.56 Å². The van der Waals surface area contributed by atoms with Crippen molar-refractivity contribution in [1.29, 1.82) is 0 Å². The summed E-state index contributed by atoms with van der Waals surface area (Å²) >= 11 is 7.05. The van der Waals surface area contributed by atoms with E-state index in [9.17, 15) is 0 Å². The Balaban J connectivity index is 2.29. The van der Waals surface area contributed by atoms with Crippen LogP contribution in [0.15, 0.2) is 44.1 Å². The van der Waals surface area contributed by atoms with Gasteiger partial charge in [-0.3, -0.25) is 0 Å². The average Bonchev–Trinajstić information content (AvgIpc) is 2.89. The number of benzene rings is 1. The third kappa shape index (κ3) is 4.11. The van der Waals surface area contributed by atoms with Crippen molar-refractivity contribution in [2.75, 3.05) is 13.2 Å². The molecule has 0 saturated carbocycles. The quantitative estimate of drug-likeness (QED) is 0.665. The fourth-order valence-corrected chi connectivity index (χ4v) is 3.13. The van der Waals surface area contributed by atoms with Crippen LogP contribution in [0, 0.1) is 0 Å². The van der Waals surface area contributed by atoms with Crippen LogP contribution >= 0.6 is 31.9 Å². The van der Waals surface area contributed by atoms with E-state index in [0.717, 1.165) is 45.6 Å². The van der Waals surface area contributed by atoms with Crippen LogP contribution in [0.25, 0.3) is 0 Å². The molecule has 0 bridgehead atoms. The van der Waals surface area contributed by atoms with Crippen LogP contribution in [-0.2, 0) is 0 Å². The van der Waals surface area contributed by atoms with Crippen molar-refractivity contribution >= 4 is 31.9 Å². The highest BCUT2D eigenvalue weighted by molar-refractivity contribution is 9.10. The molecule has 0 radical (unpaired) electrons. The summed E-state index contributed by atoms with van der Waals surface area (Å²) < 4.78 is 12.8. The molecule has 114 valence electrons. The van der Waals surface area contributed by atoms with Gasteiger partial charge in [-0.05, 0) is 68.6 Å². The summed E-state index contributed by atoms with van der Waals surface area (Å²) in [4.78, 5) is 0. The number of hydrogen-bond donors (Lipinski definition) is 1. The molecule has 5 heteroatoms. The van der Waals surface area contributed by atoms with Crippen molar-refractivity contribution in [2.24, 2.45) is 0 Å². The molecule has 0 amide bonds. The Morgan fingerprint density at radius 3 is 2.62 bits per heavy atom. The van der Waals surface area contributed by atoms with Gasteiger partial charge in [-0.2, -0.15) is 0 Å². The molecule has 1 aromatic heterocycles. The van der Waals surface area contributed by atoms with Gasteiger partial charge in [-0.25, -0.2) is 0 Å². The molecule has 21 heavy (non-hydrogen) atoms. The van der Waals surface area contributed by atoms with E-state index in [1.807, 2.05) is 12.1 Å². The lowest BCUT2D eigenvalue weighted by atomic mass is 10.0. The van der Waals surface area contributed by atoms with Crippen molar-refractivity contribution in [2.45, 2.75) is 26.3 Å². The predicted molar refractivity (Wildman–Crippen MR) is 91.9 cm³/mol. The van der Waals surface area contributed by atoms with E-state index in [2.05, 4.69) is 63.2 Å². The summed E-state index contributed by atoms with van der Waals surface area (Å²) in [7, 11) is 0. The third-order valence-electron chi connectivity index (χ3n) is 3.12. The molecular formula is C16H19Br2NO2. The number of halogens is 2. The average molecular weight is 417 g/mol. The number of hydrogen-bond acceptors (Lipinski definition) is 3. The second-order valence-corrected chi connectivity index (χ2v) is 6.25. The van der Waals surface area contributed by atoms with Crippen molar-refractivity contribution < 1.29 is 9.15 Å². The molecule has 1 N–H and O–H groups in total. The first-order valence-electron chi connectivity index (χ1n) is 7.05. The monoisotopic (exact) mass is 415 g/mol. The molecule has 0 saturated heterocycles. The first-order chi connectivity index (χ1) is 10.2. The van der Waals surface area contributed by atoms with E-state index in [1.54, 1.807) is 6.26 Å². The predicted octanol–water partition coefficient (Wildman–Crippen LogP) is 5.29. The molecule has 0 spiro atoms. The molecular weight excluding hydrogens is 398 g/mol. The zero-order valence-electron chi connectivity index (χ0n) is 12.2. The summed E-state index contributed by atoms with van der Waals surface area (Å²) in [6.07, 6.45) is 2.69. The minimum atomic E-state index is 0.0830. The van der Waals surface area contributed by atoms with Crippen LogP contribution in [0.2, 0.25) is 0 Å². The Bertz CT molecular complexity index is 583. The van der Waals surface area contributed by atoms with E-state index in [4.69, 9.17) is 9.15 Å². The summed E-state index contributed by atoms with van der Waals surface area (Å²) in [6, 6.07) is 8.25. The summed E-state index contributed by atoms with van der Waals surface area (Å²) in [5, 5.41) is 3.48. The van der Waals surface area contributed by atoms with Crippen LogP contribution in [-0.4, -0.2) is 13.2 Å². The molecule has 0 aliphatic rings. The lowest BCUT2D eigenvalue weighted by Gasteiger charge is -2.19. The Morgan fingerprint density at radius 1 is 1.24 bits per heavy atom. The highest BCUT2D eigenvalue weighted by Crippen LogP contribution is 2.34. The van der Waals surface area contributed by atoms with Gasteiger partial charge >= 0.3 is 0 Å². The van der Waals surface area contributed by atoms with Gasteiger partial charge in [-0.1, -0.05) is 19.9 Å². The van der Waals surface area contributed by atoms with E-state index >= 15 is 0 Å². The van der Waals surface area contributed by atoms with E-state index in [0.29, 0.717) is 0 Å². The summed E-state index contributed by atoms with van der Waals surface area (Å²) in [5.74, 6) is 0.877. The van der Waals surface area contributed by atoms with Crippen molar-refractivity contribution in [3.63, 3.8) is 0 Å². The Morgan fingerprint density at radius 2 is 2.05 bits per heavy atom. The van der Waals surface area contributed by atoms with Gasteiger partial charge in [0.25, 0.3) is 0 Å². The maximum absolute atomic E-state index is 5.70. The molecule has 1 unspecified atom stereocenters. The van der Waals surface area contributed by atoms with Crippen molar-refractivity contribution in [1.82, 2.24) is 5.32 Å². The zero-order chi connectivity index (χ0) is 15.2. The van der Waals surface area contributed by atoms with E-state index in [-0.39, 0.29) is 6.04 Å². The molecule has 0 aliphatic carbocycles. The Kier molecular flexibility index (Phi) is 6.33. The van der Waals surface area contributed by atoms with Gasteiger partial charge in [0.2, 0.25) is 0 Å². The Hall–Kier alpha value is -0.780. The molecule has 0 fully saturated rings. The maximum atomic E-state index is 5.70. The zero-order valence-corrected chi connectivity index (χ0v) is 15.3. The normalized spacial score (nSPS) is 12.4. The standard InChI is InChI=1S/C16H19Br2NO2/c1-3-8-20-14-6-5-11(10-13(14)17)15(19-4-2)12-7-9-21-16(12)18/h5-7,9-10,15,19H,3-4,8H2,1-2H3. The fourth-order valence-electron chi connectivity index (χ4n) is 2.15. The van der Waals surface area contributed by atoms with Crippen LogP contribution in [0.3, 0.4) is 0 Å². The maximum Gasteiger partial charge on any atom is 0.174 e. The minimum Gasteiger partial charge on any atom is -0.492 e. The van der Waals surface area contributed by atoms with Gasteiger partial charge in [-0.15, -0.1) is 0 Å². The SMILES string of the molecule is CCCOc1ccc(C(NCC)c2ccoc2Br)cc1Br. The number of ether oxygens (including phenoxy) is 1. The smallest absolute Gasteiger partial charge is 0.174 e. The topological polar surface area (TPSA) is 34.4 Å².